The lowest BCUT2D eigenvalue weighted by Gasteiger charge is -2.39. The number of amides is 4. The van der Waals surface area contributed by atoms with Gasteiger partial charge in [-0.25, -0.2) is 9.59 Å². The van der Waals surface area contributed by atoms with Gasteiger partial charge >= 0.3 is 12.1 Å². The van der Waals surface area contributed by atoms with Crippen LogP contribution in [0.4, 0.5) is 4.79 Å². The Morgan fingerprint density at radius 2 is 1.88 bits per heavy atom. The fourth-order valence-electron chi connectivity index (χ4n) is 6.71. The number of carbonyl (C=O) groups excluding carboxylic acids is 4. The number of aliphatic carboxylic acids is 1. The minimum atomic E-state index is -1.75. The molecule has 1 aliphatic carbocycles. The van der Waals surface area contributed by atoms with Gasteiger partial charge in [0.2, 0.25) is 17.7 Å². The van der Waals surface area contributed by atoms with Crippen molar-refractivity contribution < 1.29 is 33.8 Å². The number of carbonyl (C=O) groups is 5. The number of alkyl carbamates (subject to hydrolysis) is 1. The number of halogens is 1. The summed E-state index contributed by atoms with van der Waals surface area (Å²) in [6, 6.07) is 5.89. The van der Waals surface area contributed by atoms with E-state index < -0.39 is 41.0 Å². The first-order valence-electron chi connectivity index (χ1n) is 15.2. The van der Waals surface area contributed by atoms with Crippen LogP contribution < -0.4 is 16.0 Å². The summed E-state index contributed by atoms with van der Waals surface area (Å²) < 4.78 is 5.36. The quantitative estimate of drug-likeness (QED) is 0.311. The number of carboxylic acids is 1. The molecule has 1 aromatic rings. The maximum atomic E-state index is 13.6. The van der Waals surface area contributed by atoms with Crippen LogP contribution in [0.5, 0.6) is 0 Å². The van der Waals surface area contributed by atoms with Gasteiger partial charge in [-0.15, -0.1) is 0 Å². The van der Waals surface area contributed by atoms with Gasteiger partial charge in [-0.2, -0.15) is 0 Å². The Morgan fingerprint density at radius 1 is 1.19 bits per heavy atom. The van der Waals surface area contributed by atoms with Crippen LogP contribution in [0.1, 0.15) is 83.6 Å². The lowest BCUT2D eigenvalue weighted by atomic mass is 9.79. The van der Waals surface area contributed by atoms with E-state index in [9.17, 15) is 29.1 Å². The normalized spacial score (nSPS) is 22.3. The number of benzene rings is 1. The first-order valence-corrected chi connectivity index (χ1v) is 15.6. The summed E-state index contributed by atoms with van der Waals surface area (Å²) in [6.07, 6.45) is 6.11. The van der Waals surface area contributed by atoms with E-state index in [1.54, 1.807) is 29.2 Å². The number of ether oxygens (including phenoxy) is 1. The van der Waals surface area contributed by atoms with Crippen molar-refractivity contribution in [3.05, 3.63) is 34.9 Å². The molecule has 0 radical (unpaired) electrons. The molecular weight excluding hydrogens is 576 g/mol. The predicted octanol–water partition coefficient (Wildman–Crippen LogP) is 3.77. The van der Waals surface area contributed by atoms with Crippen molar-refractivity contribution in [1.29, 1.82) is 0 Å². The summed E-state index contributed by atoms with van der Waals surface area (Å²) in [5.41, 5.74) is -1.55. The number of nitrogens with zero attached hydrogens (tertiary/aromatic N) is 1. The number of piperidine rings is 1. The molecule has 2 aliphatic heterocycles. The molecule has 1 spiro atoms. The zero-order valence-corrected chi connectivity index (χ0v) is 25.7. The summed E-state index contributed by atoms with van der Waals surface area (Å²) in [6.45, 7) is 3.93. The molecule has 2 unspecified atom stereocenters. The van der Waals surface area contributed by atoms with Gasteiger partial charge in [0.05, 0.1) is 0 Å². The van der Waals surface area contributed by atoms with Crippen LogP contribution in [0.2, 0.25) is 5.02 Å². The zero-order valence-electron chi connectivity index (χ0n) is 25.0. The SMILES string of the molecule is CC(=O)N1CCC2(CC1)CC(CC(C)(NC(=O)[C@H](CC1CCCCC1)NC(=O)OCc1cccc(Cl)c1)C(=O)O)C(=O)N2. The minimum absolute atomic E-state index is 0.0124. The van der Waals surface area contributed by atoms with Gasteiger partial charge in [0, 0.05) is 36.5 Å². The van der Waals surface area contributed by atoms with Crippen LogP contribution >= 0.6 is 11.6 Å². The third kappa shape index (κ3) is 8.61. The van der Waals surface area contributed by atoms with Gasteiger partial charge in [-0.05, 0) is 62.6 Å². The smallest absolute Gasteiger partial charge is 0.408 e. The van der Waals surface area contributed by atoms with Gasteiger partial charge in [-0.1, -0.05) is 55.8 Å². The highest BCUT2D eigenvalue weighted by atomic mass is 35.5. The average molecular weight is 619 g/mol. The third-order valence-electron chi connectivity index (χ3n) is 9.25. The number of likely N-dealkylation sites (tertiary alicyclic amines) is 1. The monoisotopic (exact) mass is 618 g/mol. The number of carboxylic acid groups (broad SMARTS) is 1. The molecule has 3 atom stereocenters. The predicted molar refractivity (Wildman–Crippen MR) is 159 cm³/mol. The van der Waals surface area contributed by atoms with Gasteiger partial charge in [0.1, 0.15) is 18.2 Å². The molecule has 4 N–H and O–H groups in total. The highest BCUT2D eigenvalue weighted by Crippen LogP contribution is 2.38. The first-order chi connectivity index (χ1) is 20.4. The molecule has 3 fully saturated rings. The molecule has 236 valence electrons. The molecule has 1 aromatic carbocycles. The van der Waals surface area contributed by atoms with Crippen LogP contribution in [0.15, 0.2) is 24.3 Å². The van der Waals surface area contributed by atoms with Crippen LogP contribution in [0.3, 0.4) is 0 Å². The van der Waals surface area contributed by atoms with Crippen molar-refractivity contribution in [3.8, 4) is 0 Å². The maximum Gasteiger partial charge on any atom is 0.408 e. The third-order valence-corrected chi connectivity index (χ3v) is 9.48. The Balaban J connectivity index is 1.42. The van der Waals surface area contributed by atoms with Gasteiger partial charge in [0.25, 0.3) is 0 Å². The number of rotatable bonds is 10. The van der Waals surface area contributed by atoms with E-state index in [1.165, 1.54) is 13.8 Å². The number of hydrogen-bond donors (Lipinski definition) is 4. The van der Waals surface area contributed by atoms with Crippen LogP contribution in [0.25, 0.3) is 0 Å². The molecule has 3 aliphatic rings. The van der Waals surface area contributed by atoms with E-state index in [1.807, 2.05) is 0 Å². The maximum absolute atomic E-state index is 13.6. The standard InChI is InChI=1S/C31H43ClN4O7/c1-20(37)36-13-11-31(12-14-36)18-23(26(38)35-31)17-30(2,28(40)41)34-27(39)25(16-21-7-4-3-5-8-21)33-29(42)43-19-22-9-6-10-24(32)15-22/h6,9-10,15,21,23,25H,3-5,7-8,11-14,16-19H2,1-2H3,(H,33,42)(H,34,39)(H,35,38)(H,40,41)/t23?,25-,30?/m0/s1. The van der Waals surface area contributed by atoms with E-state index >= 15 is 0 Å². The van der Waals surface area contributed by atoms with Crippen molar-refractivity contribution in [1.82, 2.24) is 20.9 Å². The van der Waals surface area contributed by atoms with E-state index in [2.05, 4.69) is 16.0 Å². The second-order valence-corrected chi connectivity index (χ2v) is 13.1. The number of hydrogen-bond acceptors (Lipinski definition) is 6. The van der Waals surface area contributed by atoms with Crippen LogP contribution in [0, 0.1) is 11.8 Å². The van der Waals surface area contributed by atoms with Gasteiger partial charge in [0.15, 0.2) is 0 Å². The van der Waals surface area contributed by atoms with E-state index in [-0.39, 0.29) is 30.8 Å². The largest absolute Gasteiger partial charge is 0.480 e. The Bertz CT molecular complexity index is 1210. The van der Waals surface area contributed by atoms with Crippen LogP contribution in [-0.2, 0) is 30.5 Å². The highest BCUT2D eigenvalue weighted by molar-refractivity contribution is 6.30. The molecule has 43 heavy (non-hydrogen) atoms. The molecule has 12 heteroatoms. The summed E-state index contributed by atoms with van der Waals surface area (Å²) in [7, 11) is 0. The second kappa shape index (κ2) is 14.0. The summed E-state index contributed by atoms with van der Waals surface area (Å²) in [4.78, 5) is 65.5. The molecule has 0 aromatic heterocycles. The van der Waals surface area contributed by atoms with Gasteiger partial charge in [-0.3, -0.25) is 14.4 Å². The second-order valence-electron chi connectivity index (χ2n) is 12.7. The molecule has 0 bridgehead atoms. The van der Waals surface area contributed by atoms with E-state index in [0.717, 1.165) is 32.1 Å². The summed E-state index contributed by atoms with van der Waals surface area (Å²) >= 11 is 6.01. The minimum Gasteiger partial charge on any atom is -0.480 e. The molecule has 4 rings (SSSR count). The lowest BCUT2D eigenvalue weighted by Crippen LogP contribution is -2.59. The first kappa shape index (κ1) is 32.6. The Morgan fingerprint density at radius 3 is 2.51 bits per heavy atom. The molecule has 2 saturated heterocycles. The van der Waals surface area contributed by atoms with Crippen molar-refractivity contribution in [2.45, 2.75) is 102 Å². The fraction of sp³-hybridized carbons (Fsp3) is 0.645. The lowest BCUT2D eigenvalue weighted by molar-refractivity contribution is -0.148. The Labute approximate surface area is 257 Å². The fourth-order valence-corrected chi connectivity index (χ4v) is 6.93. The van der Waals surface area contributed by atoms with Crippen molar-refractivity contribution in [2.24, 2.45) is 11.8 Å². The molecule has 4 amide bonds. The van der Waals surface area contributed by atoms with Gasteiger partial charge < -0.3 is 30.7 Å². The van der Waals surface area contributed by atoms with Crippen molar-refractivity contribution in [2.75, 3.05) is 13.1 Å². The molecule has 11 nitrogen and oxygen atoms in total. The summed E-state index contributed by atoms with van der Waals surface area (Å²) in [5, 5.41) is 19.1. The van der Waals surface area contributed by atoms with Crippen LogP contribution in [-0.4, -0.2) is 70.0 Å². The van der Waals surface area contributed by atoms with Crippen molar-refractivity contribution >= 4 is 41.4 Å². The molecule has 2 heterocycles. The van der Waals surface area contributed by atoms with E-state index in [0.29, 0.717) is 49.4 Å². The Hall–Kier alpha value is -3.34. The zero-order chi connectivity index (χ0) is 31.2. The van der Waals surface area contributed by atoms with E-state index in [4.69, 9.17) is 16.3 Å². The van der Waals surface area contributed by atoms with Crippen molar-refractivity contribution in [3.63, 3.8) is 0 Å². The highest BCUT2D eigenvalue weighted by Gasteiger charge is 2.50. The number of nitrogens with one attached hydrogen (secondary N) is 3. The topological polar surface area (TPSA) is 154 Å². The summed E-state index contributed by atoms with van der Waals surface area (Å²) in [5.74, 6) is -2.58. The molecular formula is C31H43ClN4O7. The average Bonchev–Trinajstić information content (AvgIpc) is 3.25. The molecule has 1 saturated carbocycles. The Kier molecular flexibility index (Phi) is 10.6.